The molecule has 0 fully saturated rings. The molecule has 11 rings (SSSR count). The highest BCUT2D eigenvalue weighted by atomic mass is 16.3. The maximum absolute atomic E-state index is 6.38. The molecule has 0 spiro atoms. The van der Waals surface area contributed by atoms with Crippen LogP contribution in [0, 0.1) is 0 Å². The van der Waals surface area contributed by atoms with Crippen molar-refractivity contribution >= 4 is 60.5 Å². The van der Waals surface area contributed by atoms with Crippen LogP contribution in [0.4, 0.5) is 17.1 Å². The maximum atomic E-state index is 6.38. The van der Waals surface area contributed by atoms with E-state index in [0.29, 0.717) is 0 Å². The molecule has 0 unspecified atom stereocenters. The SMILES string of the molecule is CC1(C)c2ccccc2-c2ccc(N(c3ccc4oc5ccccc5c4c3)c3c(-c4cccc(-c5ccccc5)c4)c4ccccc4c4ccccc34)cc21. The van der Waals surface area contributed by atoms with E-state index in [9.17, 15) is 0 Å². The average molecular weight is 704 g/mol. The molecule has 2 heteroatoms. The van der Waals surface area contributed by atoms with Gasteiger partial charge in [0.2, 0.25) is 0 Å². The molecule has 2 nitrogen and oxygen atoms in total. The maximum Gasteiger partial charge on any atom is 0.135 e. The van der Waals surface area contributed by atoms with Gasteiger partial charge in [0, 0.05) is 38.5 Å². The molecule has 1 aliphatic rings. The van der Waals surface area contributed by atoms with Crippen LogP contribution in [0.15, 0.2) is 192 Å². The Morgan fingerprint density at radius 3 is 1.80 bits per heavy atom. The predicted octanol–water partition coefficient (Wildman–Crippen LogP) is 15.0. The highest BCUT2D eigenvalue weighted by Crippen LogP contribution is 2.54. The van der Waals surface area contributed by atoms with E-state index in [1.807, 2.05) is 6.07 Å². The Hall–Kier alpha value is -6.90. The van der Waals surface area contributed by atoms with Gasteiger partial charge in [0.25, 0.3) is 0 Å². The standard InChI is InChI=1S/C53H37NO/c1-53(2)47-25-12-10-21-41(47)42-29-27-38(33-48(42)53)54(37-28-30-50-46(32-37)43-22-11-13-26-49(43)55-50)52-45-24-9-7-20-40(45)39-19-6-8-23-44(39)51(52)36-18-14-17-35(31-36)34-15-4-3-5-16-34/h3-33H,1-2H3. The van der Waals surface area contributed by atoms with Gasteiger partial charge in [-0.05, 0) is 97.6 Å². The summed E-state index contributed by atoms with van der Waals surface area (Å²) in [5.41, 5.74) is 15.1. The molecule has 1 aromatic heterocycles. The third kappa shape index (κ3) is 4.81. The van der Waals surface area contributed by atoms with E-state index in [1.165, 1.54) is 66.1 Å². The van der Waals surface area contributed by atoms with Gasteiger partial charge in [0.05, 0.1) is 5.69 Å². The monoisotopic (exact) mass is 703 g/mol. The molecule has 0 bridgehead atoms. The average Bonchev–Trinajstić information content (AvgIpc) is 3.72. The molecule has 0 saturated heterocycles. The van der Waals surface area contributed by atoms with Crippen molar-refractivity contribution in [2.45, 2.75) is 19.3 Å². The quantitative estimate of drug-likeness (QED) is 0.166. The number of hydrogen-bond acceptors (Lipinski definition) is 2. The van der Waals surface area contributed by atoms with Gasteiger partial charge in [-0.2, -0.15) is 0 Å². The van der Waals surface area contributed by atoms with Gasteiger partial charge in [0.15, 0.2) is 0 Å². The van der Waals surface area contributed by atoms with E-state index in [1.54, 1.807) is 0 Å². The molecule has 55 heavy (non-hydrogen) atoms. The van der Waals surface area contributed by atoms with Crippen LogP contribution in [-0.2, 0) is 5.41 Å². The Labute approximate surface area is 320 Å². The smallest absolute Gasteiger partial charge is 0.135 e. The second-order valence-electron chi connectivity index (χ2n) is 15.3. The first kappa shape index (κ1) is 31.6. The molecule has 1 aliphatic carbocycles. The minimum atomic E-state index is -0.156. The van der Waals surface area contributed by atoms with Crippen molar-refractivity contribution in [1.29, 1.82) is 0 Å². The first-order chi connectivity index (χ1) is 27.0. The summed E-state index contributed by atoms with van der Waals surface area (Å²) in [7, 11) is 0. The number of fused-ring (bicyclic) bond motifs is 9. The van der Waals surface area contributed by atoms with Crippen LogP contribution in [-0.4, -0.2) is 0 Å². The molecule has 9 aromatic carbocycles. The largest absolute Gasteiger partial charge is 0.456 e. The highest BCUT2D eigenvalue weighted by molar-refractivity contribution is 6.23. The number of para-hydroxylation sites is 1. The number of benzene rings is 9. The van der Waals surface area contributed by atoms with Crippen LogP contribution in [0.1, 0.15) is 25.0 Å². The molecule has 0 aliphatic heterocycles. The van der Waals surface area contributed by atoms with Crippen LogP contribution in [0.5, 0.6) is 0 Å². The van der Waals surface area contributed by atoms with Crippen LogP contribution in [0.3, 0.4) is 0 Å². The summed E-state index contributed by atoms with van der Waals surface area (Å²) < 4.78 is 6.38. The lowest BCUT2D eigenvalue weighted by molar-refractivity contribution is 0.660. The fourth-order valence-electron chi connectivity index (χ4n) is 9.22. The summed E-state index contributed by atoms with van der Waals surface area (Å²) in [4.78, 5) is 2.51. The van der Waals surface area contributed by atoms with E-state index in [2.05, 4.69) is 201 Å². The van der Waals surface area contributed by atoms with Crippen molar-refractivity contribution in [2.75, 3.05) is 4.90 Å². The lowest BCUT2D eigenvalue weighted by Gasteiger charge is -2.32. The minimum absolute atomic E-state index is 0.156. The molecule has 0 radical (unpaired) electrons. The molecule has 0 N–H and O–H groups in total. The Bertz CT molecular complexity index is 3130. The van der Waals surface area contributed by atoms with Crippen molar-refractivity contribution in [3.05, 3.63) is 199 Å². The molecule has 0 amide bonds. The summed E-state index contributed by atoms with van der Waals surface area (Å²) in [6, 6.07) is 68.6. The predicted molar refractivity (Wildman–Crippen MR) is 232 cm³/mol. The van der Waals surface area contributed by atoms with E-state index >= 15 is 0 Å². The second kappa shape index (κ2) is 12.1. The van der Waals surface area contributed by atoms with Gasteiger partial charge < -0.3 is 9.32 Å². The number of rotatable bonds is 5. The molecular formula is C53H37NO. The molecule has 1 heterocycles. The van der Waals surface area contributed by atoms with Gasteiger partial charge >= 0.3 is 0 Å². The first-order valence-corrected chi connectivity index (χ1v) is 19.1. The summed E-state index contributed by atoms with van der Waals surface area (Å²) in [6.07, 6.45) is 0. The zero-order chi connectivity index (χ0) is 36.7. The lowest BCUT2D eigenvalue weighted by Crippen LogP contribution is -2.17. The van der Waals surface area contributed by atoms with Gasteiger partial charge in [-0.15, -0.1) is 0 Å². The zero-order valence-electron chi connectivity index (χ0n) is 30.8. The normalized spacial score (nSPS) is 13.1. The van der Waals surface area contributed by atoms with E-state index in [0.717, 1.165) is 39.0 Å². The van der Waals surface area contributed by atoms with Crippen LogP contribution < -0.4 is 4.90 Å². The second-order valence-corrected chi connectivity index (χ2v) is 15.3. The van der Waals surface area contributed by atoms with Gasteiger partial charge in [-0.25, -0.2) is 0 Å². The molecule has 0 saturated carbocycles. The van der Waals surface area contributed by atoms with E-state index in [-0.39, 0.29) is 5.41 Å². The zero-order valence-corrected chi connectivity index (χ0v) is 30.8. The Morgan fingerprint density at radius 2 is 0.964 bits per heavy atom. The van der Waals surface area contributed by atoms with Crippen LogP contribution in [0.2, 0.25) is 0 Å². The fraction of sp³-hybridized carbons (Fsp3) is 0.0566. The highest BCUT2D eigenvalue weighted by Gasteiger charge is 2.36. The van der Waals surface area contributed by atoms with Crippen molar-refractivity contribution in [3.8, 4) is 33.4 Å². The van der Waals surface area contributed by atoms with Crippen molar-refractivity contribution in [1.82, 2.24) is 0 Å². The van der Waals surface area contributed by atoms with Gasteiger partial charge in [-0.1, -0.05) is 159 Å². The molecule has 0 atom stereocenters. The van der Waals surface area contributed by atoms with Crippen LogP contribution >= 0.6 is 0 Å². The van der Waals surface area contributed by atoms with E-state index < -0.39 is 0 Å². The molecular weight excluding hydrogens is 667 g/mol. The lowest BCUT2D eigenvalue weighted by atomic mass is 9.82. The van der Waals surface area contributed by atoms with Gasteiger partial charge in [0.1, 0.15) is 11.2 Å². The summed E-state index contributed by atoms with van der Waals surface area (Å²) in [5, 5.41) is 7.10. The van der Waals surface area contributed by atoms with Gasteiger partial charge in [-0.3, -0.25) is 0 Å². The topological polar surface area (TPSA) is 16.4 Å². The Balaban J connectivity index is 1.27. The number of nitrogens with zero attached hydrogens (tertiary/aromatic N) is 1. The fourth-order valence-corrected chi connectivity index (χ4v) is 9.22. The third-order valence-electron chi connectivity index (χ3n) is 11.8. The number of anilines is 3. The third-order valence-corrected chi connectivity index (χ3v) is 11.8. The summed E-state index contributed by atoms with van der Waals surface area (Å²) in [5.74, 6) is 0. The summed E-state index contributed by atoms with van der Waals surface area (Å²) >= 11 is 0. The van der Waals surface area contributed by atoms with Crippen molar-refractivity contribution in [2.24, 2.45) is 0 Å². The Morgan fingerprint density at radius 1 is 0.382 bits per heavy atom. The minimum Gasteiger partial charge on any atom is -0.456 e. The van der Waals surface area contributed by atoms with Crippen molar-refractivity contribution < 1.29 is 4.42 Å². The Kier molecular flexibility index (Phi) is 6.93. The summed E-state index contributed by atoms with van der Waals surface area (Å²) in [6.45, 7) is 4.72. The molecule has 10 aromatic rings. The molecule has 260 valence electrons. The van der Waals surface area contributed by atoms with Crippen LogP contribution in [0.25, 0.3) is 76.9 Å². The number of hydrogen-bond donors (Lipinski definition) is 0. The van der Waals surface area contributed by atoms with E-state index in [4.69, 9.17) is 4.42 Å². The first-order valence-electron chi connectivity index (χ1n) is 19.1. The van der Waals surface area contributed by atoms with Crippen molar-refractivity contribution in [3.63, 3.8) is 0 Å². The number of furan rings is 1.